The average Bonchev–Trinajstić information content (AvgIpc) is 3.26. The SMILES string of the molecule is COCc1ccc(NC(=O)[C@@H]2CCCN2S(=O)(=O)c2ccc(C)s2)cc1. The molecule has 0 bridgehead atoms. The zero-order chi connectivity index (χ0) is 18.7. The number of aryl methyl sites for hydroxylation is 1. The Bertz CT molecular complexity index is 875. The van der Waals surface area contributed by atoms with E-state index in [1.165, 1.54) is 15.6 Å². The van der Waals surface area contributed by atoms with E-state index < -0.39 is 16.1 Å². The summed E-state index contributed by atoms with van der Waals surface area (Å²) in [6.07, 6.45) is 1.20. The molecule has 1 aliphatic rings. The molecule has 8 heteroatoms. The highest BCUT2D eigenvalue weighted by Crippen LogP contribution is 2.30. The Balaban J connectivity index is 1.74. The molecule has 6 nitrogen and oxygen atoms in total. The highest BCUT2D eigenvalue weighted by Gasteiger charge is 2.40. The smallest absolute Gasteiger partial charge is 0.253 e. The van der Waals surface area contributed by atoms with Crippen LogP contribution in [0.5, 0.6) is 0 Å². The standard InChI is InChI=1S/C18H22N2O4S2/c1-13-5-10-17(25-13)26(22,23)20-11-3-4-16(20)18(21)19-15-8-6-14(7-9-15)12-24-2/h5-10,16H,3-4,11-12H2,1-2H3,(H,19,21)/t16-/m0/s1. The first-order chi connectivity index (χ1) is 12.4. The number of sulfonamides is 1. The first kappa shape index (κ1) is 19.0. The lowest BCUT2D eigenvalue weighted by Gasteiger charge is -2.22. The van der Waals surface area contributed by atoms with Crippen LogP contribution in [0.2, 0.25) is 0 Å². The Labute approximate surface area is 157 Å². The second kappa shape index (κ2) is 7.87. The normalized spacial score (nSPS) is 18.2. The van der Waals surface area contributed by atoms with Crippen LogP contribution < -0.4 is 5.32 Å². The maximum atomic E-state index is 12.9. The molecule has 0 spiro atoms. The minimum Gasteiger partial charge on any atom is -0.380 e. The van der Waals surface area contributed by atoms with Gasteiger partial charge in [-0.2, -0.15) is 4.31 Å². The molecule has 1 N–H and O–H groups in total. The number of ether oxygens (including phenoxy) is 1. The Morgan fingerprint density at radius 1 is 1.27 bits per heavy atom. The molecule has 2 aromatic rings. The van der Waals surface area contributed by atoms with Crippen LogP contribution in [-0.4, -0.2) is 38.3 Å². The summed E-state index contributed by atoms with van der Waals surface area (Å²) in [6, 6.07) is 10.0. The van der Waals surface area contributed by atoms with Gasteiger partial charge in [-0.3, -0.25) is 4.79 Å². The van der Waals surface area contributed by atoms with Crippen molar-refractivity contribution in [2.75, 3.05) is 19.0 Å². The molecule has 2 heterocycles. The molecular weight excluding hydrogens is 372 g/mol. The van der Waals surface area contributed by atoms with Gasteiger partial charge >= 0.3 is 0 Å². The van der Waals surface area contributed by atoms with Crippen LogP contribution in [0.3, 0.4) is 0 Å². The number of methoxy groups -OCH3 is 1. The molecule has 3 rings (SSSR count). The molecule has 0 aliphatic carbocycles. The number of benzene rings is 1. The number of rotatable bonds is 6. The maximum Gasteiger partial charge on any atom is 0.253 e. The van der Waals surface area contributed by atoms with Crippen molar-refractivity contribution >= 4 is 33.0 Å². The van der Waals surface area contributed by atoms with Gasteiger partial charge in [-0.05, 0) is 49.6 Å². The lowest BCUT2D eigenvalue weighted by Crippen LogP contribution is -2.42. The Hall–Kier alpha value is -1.74. The number of hydrogen-bond donors (Lipinski definition) is 1. The molecule has 140 valence electrons. The quantitative estimate of drug-likeness (QED) is 0.817. The molecule has 1 aliphatic heterocycles. The van der Waals surface area contributed by atoms with Gasteiger partial charge in [0.25, 0.3) is 10.0 Å². The first-order valence-corrected chi connectivity index (χ1v) is 10.6. The summed E-state index contributed by atoms with van der Waals surface area (Å²) in [7, 11) is -2.02. The predicted octanol–water partition coefficient (Wildman–Crippen LogP) is 2.99. The number of thiophene rings is 1. The number of hydrogen-bond acceptors (Lipinski definition) is 5. The van der Waals surface area contributed by atoms with E-state index in [0.29, 0.717) is 35.9 Å². The number of nitrogens with one attached hydrogen (secondary N) is 1. The van der Waals surface area contributed by atoms with Crippen molar-refractivity contribution in [3.8, 4) is 0 Å². The van der Waals surface area contributed by atoms with E-state index in [4.69, 9.17) is 4.74 Å². The molecule has 0 unspecified atom stereocenters. The molecule has 0 saturated carbocycles. The summed E-state index contributed by atoms with van der Waals surface area (Å²) in [6.45, 7) is 2.73. The molecule has 1 aromatic heterocycles. The van der Waals surface area contributed by atoms with Gasteiger partial charge in [-0.25, -0.2) is 8.42 Å². The van der Waals surface area contributed by atoms with Crippen LogP contribution in [0.4, 0.5) is 5.69 Å². The van der Waals surface area contributed by atoms with Crippen LogP contribution in [0.15, 0.2) is 40.6 Å². The molecule has 1 saturated heterocycles. The maximum absolute atomic E-state index is 12.9. The zero-order valence-electron chi connectivity index (χ0n) is 14.8. The Morgan fingerprint density at radius 2 is 2.00 bits per heavy atom. The molecular formula is C18H22N2O4S2. The van der Waals surface area contributed by atoms with Crippen molar-refractivity contribution < 1.29 is 17.9 Å². The van der Waals surface area contributed by atoms with Gasteiger partial charge in [0.1, 0.15) is 10.3 Å². The summed E-state index contributed by atoms with van der Waals surface area (Å²) >= 11 is 1.23. The third-order valence-corrected chi connectivity index (χ3v) is 7.69. The van der Waals surface area contributed by atoms with Crippen LogP contribution in [-0.2, 0) is 26.2 Å². The van der Waals surface area contributed by atoms with Gasteiger partial charge in [0.2, 0.25) is 5.91 Å². The Morgan fingerprint density at radius 3 is 2.62 bits per heavy atom. The summed E-state index contributed by atoms with van der Waals surface area (Å²) in [5, 5.41) is 2.83. The number of amides is 1. The zero-order valence-corrected chi connectivity index (χ0v) is 16.4. The highest BCUT2D eigenvalue weighted by molar-refractivity contribution is 7.91. The fourth-order valence-electron chi connectivity index (χ4n) is 3.03. The second-order valence-electron chi connectivity index (χ2n) is 6.26. The van der Waals surface area contributed by atoms with Crippen LogP contribution in [0.1, 0.15) is 23.3 Å². The van der Waals surface area contributed by atoms with Gasteiger partial charge in [0.05, 0.1) is 6.61 Å². The molecule has 1 atom stereocenters. The molecule has 1 amide bonds. The third-order valence-electron chi connectivity index (χ3n) is 4.32. The second-order valence-corrected chi connectivity index (χ2v) is 9.66. The van der Waals surface area contributed by atoms with Crippen LogP contribution in [0, 0.1) is 6.92 Å². The monoisotopic (exact) mass is 394 g/mol. The van der Waals surface area contributed by atoms with Gasteiger partial charge in [0.15, 0.2) is 0 Å². The summed E-state index contributed by atoms with van der Waals surface area (Å²) in [4.78, 5) is 13.6. The fourth-order valence-corrected chi connectivity index (χ4v) is 6.10. The van der Waals surface area contributed by atoms with E-state index in [0.717, 1.165) is 10.4 Å². The van der Waals surface area contributed by atoms with Crippen molar-refractivity contribution in [2.24, 2.45) is 0 Å². The minimum atomic E-state index is -3.64. The van der Waals surface area contributed by atoms with E-state index in [2.05, 4.69) is 5.32 Å². The number of nitrogens with zero attached hydrogens (tertiary/aromatic N) is 1. The number of anilines is 1. The first-order valence-electron chi connectivity index (χ1n) is 8.39. The van der Waals surface area contributed by atoms with E-state index in [1.807, 2.05) is 19.1 Å². The fraction of sp³-hybridized carbons (Fsp3) is 0.389. The van der Waals surface area contributed by atoms with Gasteiger partial charge in [-0.15, -0.1) is 11.3 Å². The van der Waals surface area contributed by atoms with E-state index in [-0.39, 0.29) is 5.91 Å². The predicted molar refractivity (Wildman–Crippen MR) is 102 cm³/mol. The highest BCUT2D eigenvalue weighted by atomic mass is 32.2. The Kier molecular flexibility index (Phi) is 5.76. The lowest BCUT2D eigenvalue weighted by molar-refractivity contribution is -0.119. The molecule has 0 radical (unpaired) electrons. The molecule has 26 heavy (non-hydrogen) atoms. The topological polar surface area (TPSA) is 75.7 Å². The van der Waals surface area contributed by atoms with E-state index in [1.54, 1.807) is 31.4 Å². The summed E-state index contributed by atoms with van der Waals surface area (Å²) in [5.41, 5.74) is 1.65. The van der Waals surface area contributed by atoms with E-state index >= 15 is 0 Å². The van der Waals surface area contributed by atoms with Crippen molar-refractivity contribution in [3.63, 3.8) is 0 Å². The van der Waals surface area contributed by atoms with Crippen molar-refractivity contribution in [1.29, 1.82) is 0 Å². The van der Waals surface area contributed by atoms with Crippen LogP contribution in [0.25, 0.3) is 0 Å². The third kappa shape index (κ3) is 3.98. The van der Waals surface area contributed by atoms with Crippen molar-refractivity contribution in [1.82, 2.24) is 4.31 Å². The average molecular weight is 395 g/mol. The minimum absolute atomic E-state index is 0.290. The van der Waals surface area contributed by atoms with Crippen molar-refractivity contribution in [3.05, 3.63) is 46.8 Å². The summed E-state index contributed by atoms with van der Waals surface area (Å²) in [5.74, 6) is -0.293. The summed E-state index contributed by atoms with van der Waals surface area (Å²) < 4.78 is 32.4. The van der Waals surface area contributed by atoms with Crippen LogP contribution >= 0.6 is 11.3 Å². The van der Waals surface area contributed by atoms with Gasteiger partial charge in [0, 0.05) is 24.2 Å². The number of carbonyl (C=O) groups is 1. The molecule has 1 aromatic carbocycles. The number of carbonyl (C=O) groups excluding carboxylic acids is 1. The largest absolute Gasteiger partial charge is 0.380 e. The molecule has 1 fully saturated rings. The lowest BCUT2D eigenvalue weighted by atomic mass is 10.2. The van der Waals surface area contributed by atoms with Gasteiger partial charge in [-0.1, -0.05) is 12.1 Å². The van der Waals surface area contributed by atoms with Crippen molar-refractivity contribution in [2.45, 2.75) is 36.6 Å². The van der Waals surface area contributed by atoms with Gasteiger partial charge < -0.3 is 10.1 Å². The van der Waals surface area contributed by atoms with E-state index in [9.17, 15) is 13.2 Å².